The van der Waals surface area contributed by atoms with Crippen LogP contribution in [0.4, 0.5) is 0 Å². The number of methoxy groups -OCH3 is 1. The standard InChI is InChI=1S/C25H29N3O3S2/c1-3-4-5-9-14-31-22-13-12-19(15-23(22)30-2)16-26-28-24(29)18-33-25-27-21(17-32-25)20-10-7-6-8-11-20/h6-8,10-13,15-17H,3-5,9,14,18H2,1-2H3,(H,28,29)/b26-16+. The second-order valence-electron chi connectivity index (χ2n) is 7.27. The number of hydrazone groups is 1. The Labute approximate surface area is 203 Å². The van der Waals surface area contributed by atoms with E-state index in [1.165, 1.54) is 35.9 Å². The van der Waals surface area contributed by atoms with Gasteiger partial charge in [-0.25, -0.2) is 10.4 Å². The number of unbranched alkanes of at least 4 members (excludes halogenated alkanes) is 3. The van der Waals surface area contributed by atoms with Crippen molar-refractivity contribution in [3.63, 3.8) is 0 Å². The van der Waals surface area contributed by atoms with Crippen molar-refractivity contribution in [2.24, 2.45) is 5.10 Å². The second kappa shape index (κ2) is 13.6. The van der Waals surface area contributed by atoms with Crippen LogP contribution in [0.2, 0.25) is 0 Å². The van der Waals surface area contributed by atoms with Crippen molar-refractivity contribution in [1.82, 2.24) is 10.4 Å². The molecule has 0 radical (unpaired) electrons. The highest BCUT2D eigenvalue weighted by Gasteiger charge is 2.08. The van der Waals surface area contributed by atoms with Gasteiger partial charge in [-0.3, -0.25) is 4.79 Å². The highest BCUT2D eigenvalue weighted by atomic mass is 32.2. The Morgan fingerprint density at radius 1 is 1.15 bits per heavy atom. The van der Waals surface area contributed by atoms with Gasteiger partial charge in [0.1, 0.15) is 0 Å². The van der Waals surface area contributed by atoms with E-state index in [9.17, 15) is 4.79 Å². The molecule has 1 aromatic heterocycles. The molecule has 6 nitrogen and oxygen atoms in total. The van der Waals surface area contributed by atoms with Crippen LogP contribution < -0.4 is 14.9 Å². The molecule has 0 saturated carbocycles. The zero-order valence-corrected chi connectivity index (χ0v) is 20.6. The summed E-state index contributed by atoms with van der Waals surface area (Å²) in [5, 5.41) is 6.06. The summed E-state index contributed by atoms with van der Waals surface area (Å²) >= 11 is 2.92. The molecule has 0 unspecified atom stereocenters. The third-order valence-corrected chi connectivity index (χ3v) is 6.75. The third kappa shape index (κ3) is 8.22. The summed E-state index contributed by atoms with van der Waals surface area (Å²) in [4.78, 5) is 16.7. The Kier molecular flexibility index (Phi) is 10.3. The molecule has 0 saturated heterocycles. The number of hydrogen-bond acceptors (Lipinski definition) is 7. The average Bonchev–Trinajstić information content (AvgIpc) is 3.33. The molecule has 174 valence electrons. The minimum atomic E-state index is -0.188. The van der Waals surface area contributed by atoms with Crippen molar-refractivity contribution >= 4 is 35.2 Å². The van der Waals surface area contributed by atoms with Crippen LogP contribution in [0, 0.1) is 0 Å². The Bertz CT molecular complexity index is 1040. The number of ether oxygens (including phenoxy) is 2. The van der Waals surface area contributed by atoms with Crippen molar-refractivity contribution in [1.29, 1.82) is 0 Å². The fraction of sp³-hybridized carbons (Fsp3) is 0.320. The number of carbonyl (C=O) groups is 1. The number of thiazole rings is 1. The molecular weight excluding hydrogens is 454 g/mol. The highest BCUT2D eigenvalue weighted by molar-refractivity contribution is 8.01. The van der Waals surface area contributed by atoms with Gasteiger partial charge < -0.3 is 9.47 Å². The lowest BCUT2D eigenvalue weighted by Gasteiger charge is -2.11. The van der Waals surface area contributed by atoms with Crippen molar-refractivity contribution in [3.05, 3.63) is 59.5 Å². The summed E-state index contributed by atoms with van der Waals surface area (Å²) in [6.07, 6.45) is 6.20. The zero-order valence-electron chi connectivity index (χ0n) is 19.0. The predicted octanol–water partition coefficient (Wildman–Crippen LogP) is 6.02. The summed E-state index contributed by atoms with van der Waals surface area (Å²) in [5.41, 5.74) is 5.36. The van der Waals surface area contributed by atoms with Gasteiger partial charge in [0.05, 0.1) is 31.4 Å². The molecule has 0 aliphatic carbocycles. The third-order valence-electron chi connectivity index (χ3n) is 4.73. The number of aromatic nitrogens is 1. The van der Waals surface area contributed by atoms with E-state index in [1.807, 2.05) is 53.9 Å². The molecule has 0 atom stereocenters. The van der Waals surface area contributed by atoms with Crippen LogP contribution in [0.3, 0.4) is 0 Å². The Morgan fingerprint density at radius 3 is 2.79 bits per heavy atom. The number of thioether (sulfide) groups is 1. The van der Waals surface area contributed by atoms with Crippen molar-refractivity contribution in [2.45, 2.75) is 36.9 Å². The molecule has 0 aliphatic heterocycles. The van der Waals surface area contributed by atoms with E-state index < -0.39 is 0 Å². The fourth-order valence-electron chi connectivity index (χ4n) is 3.00. The van der Waals surface area contributed by atoms with Gasteiger partial charge in [0.2, 0.25) is 0 Å². The molecule has 1 heterocycles. The van der Waals surface area contributed by atoms with E-state index in [0.29, 0.717) is 18.1 Å². The van der Waals surface area contributed by atoms with Crippen LogP contribution in [0.25, 0.3) is 11.3 Å². The van der Waals surface area contributed by atoms with Crippen LogP contribution in [-0.4, -0.2) is 36.6 Å². The summed E-state index contributed by atoms with van der Waals surface area (Å²) in [6.45, 7) is 2.86. The number of rotatable bonds is 13. The van der Waals surface area contributed by atoms with E-state index in [-0.39, 0.29) is 11.7 Å². The number of nitrogens with zero attached hydrogens (tertiary/aromatic N) is 2. The van der Waals surface area contributed by atoms with Crippen LogP contribution in [0.15, 0.2) is 63.4 Å². The smallest absolute Gasteiger partial charge is 0.250 e. The molecule has 0 spiro atoms. The van der Waals surface area contributed by atoms with E-state index in [1.54, 1.807) is 13.3 Å². The maximum Gasteiger partial charge on any atom is 0.250 e. The van der Waals surface area contributed by atoms with Crippen molar-refractivity contribution < 1.29 is 14.3 Å². The van der Waals surface area contributed by atoms with Gasteiger partial charge in [0.25, 0.3) is 5.91 Å². The fourth-order valence-corrected chi connectivity index (χ4v) is 4.63. The van der Waals surface area contributed by atoms with Crippen molar-refractivity contribution in [3.8, 4) is 22.8 Å². The van der Waals surface area contributed by atoms with E-state index in [0.717, 1.165) is 34.0 Å². The van der Waals surface area contributed by atoms with E-state index in [4.69, 9.17) is 9.47 Å². The first-order valence-corrected chi connectivity index (χ1v) is 12.8. The first kappa shape index (κ1) is 24.8. The molecule has 2 aromatic carbocycles. The maximum absolute atomic E-state index is 12.1. The van der Waals surface area contributed by atoms with E-state index in [2.05, 4.69) is 22.4 Å². The first-order chi connectivity index (χ1) is 16.2. The number of benzene rings is 2. The largest absolute Gasteiger partial charge is 0.493 e. The molecule has 1 N–H and O–H groups in total. The van der Waals surface area contributed by atoms with Gasteiger partial charge in [-0.2, -0.15) is 5.10 Å². The second-order valence-corrected chi connectivity index (χ2v) is 9.35. The van der Waals surface area contributed by atoms with Crippen LogP contribution in [-0.2, 0) is 4.79 Å². The molecule has 33 heavy (non-hydrogen) atoms. The SMILES string of the molecule is CCCCCCOc1ccc(/C=N/NC(=O)CSc2nc(-c3ccccc3)cs2)cc1OC. The molecule has 0 fully saturated rings. The minimum absolute atomic E-state index is 0.188. The predicted molar refractivity (Wildman–Crippen MR) is 137 cm³/mol. The lowest BCUT2D eigenvalue weighted by atomic mass is 10.2. The van der Waals surface area contributed by atoms with Gasteiger partial charge in [-0.05, 0) is 30.2 Å². The monoisotopic (exact) mass is 483 g/mol. The zero-order chi connectivity index (χ0) is 23.3. The summed E-state index contributed by atoms with van der Waals surface area (Å²) in [7, 11) is 1.61. The Balaban J connectivity index is 1.44. The summed E-state index contributed by atoms with van der Waals surface area (Å²) in [6, 6.07) is 15.6. The molecule has 3 rings (SSSR count). The molecule has 0 bridgehead atoms. The van der Waals surface area contributed by atoms with Gasteiger partial charge in [0.15, 0.2) is 15.8 Å². The number of hydrogen-bond donors (Lipinski definition) is 1. The number of carbonyl (C=O) groups excluding carboxylic acids is 1. The molecule has 0 aliphatic rings. The number of nitrogens with one attached hydrogen (secondary N) is 1. The number of amides is 1. The van der Waals surface area contributed by atoms with E-state index >= 15 is 0 Å². The molecule has 1 amide bonds. The summed E-state index contributed by atoms with van der Waals surface area (Å²) < 4.78 is 12.1. The molecule has 3 aromatic rings. The van der Waals surface area contributed by atoms with Gasteiger partial charge in [0, 0.05) is 10.9 Å². The first-order valence-electron chi connectivity index (χ1n) is 11.0. The maximum atomic E-state index is 12.1. The van der Waals surface area contributed by atoms with Crippen LogP contribution in [0.1, 0.15) is 38.2 Å². The average molecular weight is 484 g/mol. The van der Waals surface area contributed by atoms with Crippen molar-refractivity contribution in [2.75, 3.05) is 19.5 Å². The molecular formula is C25H29N3O3S2. The summed E-state index contributed by atoms with van der Waals surface area (Å²) in [5.74, 6) is 1.42. The lowest BCUT2D eigenvalue weighted by Crippen LogP contribution is -2.19. The van der Waals surface area contributed by atoms with Gasteiger partial charge in [-0.1, -0.05) is 68.3 Å². The highest BCUT2D eigenvalue weighted by Crippen LogP contribution is 2.29. The Hall–Kier alpha value is -2.84. The normalized spacial score (nSPS) is 11.0. The lowest BCUT2D eigenvalue weighted by molar-refractivity contribution is -0.118. The van der Waals surface area contributed by atoms with Crippen LogP contribution >= 0.6 is 23.1 Å². The van der Waals surface area contributed by atoms with Gasteiger partial charge in [-0.15, -0.1) is 11.3 Å². The quantitative estimate of drug-likeness (QED) is 0.139. The Morgan fingerprint density at radius 2 is 2.00 bits per heavy atom. The van der Waals surface area contributed by atoms with Crippen LogP contribution in [0.5, 0.6) is 11.5 Å². The molecule has 8 heteroatoms. The topological polar surface area (TPSA) is 72.8 Å². The minimum Gasteiger partial charge on any atom is -0.493 e. The van der Waals surface area contributed by atoms with Gasteiger partial charge >= 0.3 is 0 Å².